The van der Waals surface area contributed by atoms with Crippen molar-refractivity contribution >= 4 is 45.9 Å². The van der Waals surface area contributed by atoms with Gasteiger partial charge in [0.15, 0.2) is 0 Å². The van der Waals surface area contributed by atoms with Gasteiger partial charge in [-0.2, -0.15) is 11.8 Å². The van der Waals surface area contributed by atoms with Crippen molar-refractivity contribution in [2.75, 3.05) is 62.8 Å². The van der Waals surface area contributed by atoms with E-state index in [1.54, 1.807) is 17.8 Å². The van der Waals surface area contributed by atoms with E-state index in [2.05, 4.69) is 42.5 Å². The summed E-state index contributed by atoms with van der Waals surface area (Å²) in [4.78, 5) is 48.3. The molecule has 5 heterocycles. The van der Waals surface area contributed by atoms with Gasteiger partial charge in [-0.3, -0.25) is 19.7 Å². The highest BCUT2D eigenvalue weighted by atomic mass is 32.2. The normalized spacial score (nSPS) is 21.7. The lowest BCUT2D eigenvalue weighted by molar-refractivity contribution is -0.133. The zero-order valence-corrected chi connectivity index (χ0v) is 27.9. The number of carbonyl (C=O) groups is 2. The predicted octanol–water partition coefficient (Wildman–Crippen LogP) is 3.92. The summed E-state index contributed by atoms with van der Waals surface area (Å²) in [7, 11) is 0. The van der Waals surface area contributed by atoms with E-state index in [4.69, 9.17) is 9.47 Å². The van der Waals surface area contributed by atoms with Crippen molar-refractivity contribution in [2.45, 2.75) is 55.6 Å². The molecule has 4 saturated heterocycles. The Labute approximate surface area is 283 Å². The number of amides is 2. The molecule has 13 heteroatoms. The third kappa shape index (κ3) is 7.95. The van der Waals surface area contributed by atoms with E-state index in [1.807, 2.05) is 12.1 Å². The Kier molecular flexibility index (Phi) is 10.2. The second-order valence-electron chi connectivity index (χ2n) is 13.5. The molecular formula is C35H43FN6O5S. The van der Waals surface area contributed by atoms with Crippen LogP contribution in [0.3, 0.4) is 0 Å². The molecule has 7 rings (SSSR count). The fourth-order valence-corrected chi connectivity index (χ4v) is 8.11. The quantitative estimate of drug-likeness (QED) is 0.257. The van der Waals surface area contributed by atoms with Crippen molar-refractivity contribution in [2.24, 2.45) is 11.8 Å². The van der Waals surface area contributed by atoms with Crippen LogP contribution in [0, 0.1) is 17.7 Å². The van der Waals surface area contributed by atoms with Crippen molar-refractivity contribution in [1.82, 2.24) is 20.2 Å². The first-order chi connectivity index (χ1) is 23.4. The van der Waals surface area contributed by atoms with E-state index in [9.17, 15) is 18.8 Å². The molecule has 4 aliphatic rings. The maximum absolute atomic E-state index is 15.0. The lowest BCUT2D eigenvalue weighted by Crippen LogP contribution is -2.52. The molecule has 1 aromatic heterocycles. The maximum Gasteiger partial charge on any atom is 0.261 e. The van der Waals surface area contributed by atoms with Crippen LogP contribution in [0.5, 0.6) is 5.75 Å². The van der Waals surface area contributed by atoms with Crippen LogP contribution in [0.15, 0.2) is 41.2 Å². The number of hydrogen-bond acceptors (Lipinski definition) is 10. The van der Waals surface area contributed by atoms with Crippen LogP contribution in [0.1, 0.15) is 44.3 Å². The topological polar surface area (TPSA) is 129 Å². The number of anilines is 2. The van der Waals surface area contributed by atoms with Crippen molar-refractivity contribution < 1.29 is 23.5 Å². The fourth-order valence-electron chi connectivity index (χ4n) is 7.05. The monoisotopic (exact) mass is 678 g/mol. The molecule has 48 heavy (non-hydrogen) atoms. The average molecular weight is 679 g/mol. The molecule has 0 radical (unpaired) electrons. The number of piperidine rings is 2. The van der Waals surface area contributed by atoms with E-state index in [0.717, 1.165) is 77.3 Å². The minimum atomic E-state index is -0.607. The van der Waals surface area contributed by atoms with Crippen LogP contribution < -0.4 is 25.8 Å². The van der Waals surface area contributed by atoms with Gasteiger partial charge in [0.2, 0.25) is 11.8 Å². The van der Waals surface area contributed by atoms with Crippen LogP contribution in [-0.2, 0) is 20.1 Å². The number of thioether (sulfide) groups is 1. The Balaban J connectivity index is 0.835. The van der Waals surface area contributed by atoms with E-state index in [0.29, 0.717) is 59.4 Å². The Morgan fingerprint density at radius 2 is 1.77 bits per heavy atom. The van der Waals surface area contributed by atoms with Crippen LogP contribution in [-0.4, -0.2) is 90.5 Å². The standard InChI is InChI=1S/C35H43FN6O5S/c36-28-15-26(16-30-33(28)35(45)39-31(38-30)21-48-27-9-13-46-14-10-27)47-20-22-7-11-41(12-8-22)17-23-18-42(19-23)25-3-1-24(2-4-25)37-29-5-6-32(43)40-34(29)44/h1-4,15-16,22-23,27,29,37H,5-14,17-21H2,(H,38,39,45)(H,40,43,44). The number of rotatable bonds is 11. The Hall–Kier alpha value is -3.68. The van der Waals surface area contributed by atoms with Gasteiger partial charge < -0.3 is 29.6 Å². The van der Waals surface area contributed by atoms with Crippen LogP contribution in [0.4, 0.5) is 15.8 Å². The molecule has 3 N–H and O–H groups in total. The highest BCUT2D eigenvalue weighted by Gasteiger charge is 2.31. The smallest absolute Gasteiger partial charge is 0.261 e. The number of fused-ring (bicyclic) bond motifs is 1. The summed E-state index contributed by atoms with van der Waals surface area (Å²) in [5.41, 5.74) is 1.93. The van der Waals surface area contributed by atoms with Crippen molar-refractivity contribution in [3.63, 3.8) is 0 Å². The number of nitrogens with one attached hydrogen (secondary N) is 3. The Morgan fingerprint density at radius 3 is 2.52 bits per heavy atom. The highest BCUT2D eigenvalue weighted by Crippen LogP contribution is 2.30. The number of halogens is 1. The molecule has 0 aliphatic carbocycles. The average Bonchev–Trinajstić information content (AvgIpc) is 3.07. The van der Waals surface area contributed by atoms with Gasteiger partial charge in [0.05, 0.1) is 17.9 Å². The number of ether oxygens (including phenoxy) is 2. The van der Waals surface area contributed by atoms with E-state index < -0.39 is 11.4 Å². The second kappa shape index (κ2) is 14.8. The summed E-state index contributed by atoms with van der Waals surface area (Å²) >= 11 is 1.75. The van der Waals surface area contributed by atoms with Gasteiger partial charge in [-0.25, -0.2) is 9.37 Å². The lowest BCUT2D eigenvalue weighted by Gasteiger charge is -2.44. The first kappa shape index (κ1) is 32.8. The molecule has 0 bridgehead atoms. The molecule has 1 unspecified atom stereocenters. The second-order valence-corrected chi connectivity index (χ2v) is 14.7. The number of imide groups is 1. The Morgan fingerprint density at radius 1 is 1.00 bits per heavy atom. The highest BCUT2D eigenvalue weighted by molar-refractivity contribution is 7.99. The van der Waals surface area contributed by atoms with E-state index in [-0.39, 0.29) is 23.2 Å². The Bertz CT molecular complexity index is 1670. The summed E-state index contributed by atoms with van der Waals surface area (Å²) in [5.74, 6) is 1.47. The molecule has 2 amide bonds. The first-order valence-electron chi connectivity index (χ1n) is 17.1. The third-order valence-electron chi connectivity index (χ3n) is 9.89. The largest absolute Gasteiger partial charge is 0.493 e. The number of aromatic nitrogens is 2. The SMILES string of the molecule is O=C1CCC(Nc2ccc(N3CC(CN4CCC(COc5cc(F)c6c(=O)[nH]c(CSC7CCOCC7)nc6c5)CC4)C3)cc2)C(=O)N1. The zero-order chi connectivity index (χ0) is 33.0. The summed E-state index contributed by atoms with van der Waals surface area (Å²) in [5, 5.41) is 6.07. The molecule has 256 valence electrons. The number of hydrogen-bond donors (Lipinski definition) is 3. The summed E-state index contributed by atoms with van der Waals surface area (Å²) in [6, 6.07) is 10.8. The minimum absolute atomic E-state index is 0.0242. The van der Waals surface area contributed by atoms with Gasteiger partial charge in [0.1, 0.15) is 28.8 Å². The molecule has 2 aromatic carbocycles. The van der Waals surface area contributed by atoms with Gasteiger partial charge >= 0.3 is 0 Å². The molecule has 0 saturated carbocycles. The van der Waals surface area contributed by atoms with Crippen LogP contribution in [0.2, 0.25) is 0 Å². The number of benzene rings is 2. The number of aromatic amines is 1. The molecular weight excluding hydrogens is 635 g/mol. The minimum Gasteiger partial charge on any atom is -0.493 e. The maximum atomic E-state index is 15.0. The van der Waals surface area contributed by atoms with Gasteiger partial charge in [0, 0.05) is 73.9 Å². The van der Waals surface area contributed by atoms with Gasteiger partial charge in [0.25, 0.3) is 5.56 Å². The molecule has 3 aromatic rings. The molecule has 1 atom stereocenters. The number of nitrogens with zero attached hydrogens (tertiary/aromatic N) is 3. The third-order valence-corrected chi connectivity index (χ3v) is 11.3. The van der Waals surface area contributed by atoms with Crippen molar-refractivity contribution in [1.29, 1.82) is 0 Å². The fraction of sp³-hybridized carbons (Fsp3) is 0.543. The molecule has 4 aliphatic heterocycles. The first-order valence-corrected chi connectivity index (χ1v) is 18.1. The number of carbonyl (C=O) groups excluding carboxylic acids is 2. The van der Waals surface area contributed by atoms with Gasteiger partial charge in [-0.15, -0.1) is 0 Å². The lowest BCUT2D eigenvalue weighted by atomic mass is 9.94. The van der Waals surface area contributed by atoms with E-state index >= 15 is 0 Å². The predicted molar refractivity (Wildman–Crippen MR) is 184 cm³/mol. The number of likely N-dealkylation sites (tertiary alicyclic amines) is 1. The van der Waals surface area contributed by atoms with Gasteiger partial charge in [-0.1, -0.05) is 0 Å². The molecule has 11 nitrogen and oxygen atoms in total. The van der Waals surface area contributed by atoms with Gasteiger partial charge in [-0.05, 0) is 75.4 Å². The van der Waals surface area contributed by atoms with E-state index in [1.165, 1.54) is 11.8 Å². The summed E-state index contributed by atoms with van der Waals surface area (Å²) in [6.07, 6.45) is 4.89. The summed E-state index contributed by atoms with van der Waals surface area (Å²) in [6.45, 7) is 7.18. The molecule has 4 fully saturated rings. The zero-order valence-electron chi connectivity index (χ0n) is 27.0. The van der Waals surface area contributed by atoms with Crippen molar-refractivity contribution in [3.05, 3.63) is 58.4 Å². The van der Waals surface area contributed by atoms with Crippen LogP contribution >= 0.6 is 11.8 Å². The van der Waals surface area contributed by atoms with Crippen molar-refractivity contribution in [3.8, 4) is 5.75 Å². The number of H-pyrrole nitrogens is 1. The summed E-state index contributed by atoms with van der Waals surface area (Å²) < 4.78 is 26.5. The molecule has 0 spiro atoms. The van der Waals surface area contributed by atoms with Crippen LogP contribution in [0.25, 0.3) is 10.9 Å².